The molecule has 0 saturated carbocycles. The SMILES string of the molecule is C=CC(=O)OC(C(F)(F)F)C(F)(F)C(O)(C(F)(F)F)C(F)(F)F. The number of ether oxygens (including phenoxy) is 1. The van der Waals surface area contributed by atoms with Gasteiger partial charge >= 0.3 is 36.0 Å². The predicted molar refractivity (Wildman–Crippen MR) is 48.1 cm³/mol. The smallest absolute Gasteiger partial charge is 0.432 e. The van der Waals surface area contributed by atoms with Gasteiger partial charge in [-0.2, -0.15) is 48.3 Å². The molecule has 0 aromatic heterocycles. The molecular formula is C9H5F11O3. The minimum absolute atomic E-state index is 0.213. The summed E-state index contributed by atoms with van der Waals surface area (Å²) in [6, 6.07) is 0. The summed E-state index contributed by atoms with van der Waals surface area (Å²) in [4.78, 5) is 10.5. The van der Waals surface area contributed by atoms with E-state index in [0.717, 1.165) is 0 Å². The fraction of sp³-hybridized carbons (Fsp3) is 0.667. The average Bonchev–Trinajstić information content (AvgIpc) is 2.29. The van der Waals surface area contributed by atoms with Gasteiger partial charge in [0.05, 0.1) is 0 Å². The molecule has 0 spiro atoms. The minimum atomic E-state index is -7.28. The van der Waals surface area contributed by atoms with Gasteiger partial charge in [-0.1, -0.05) is 6.58 Å². The molecule has 1 atom stereocenters. The first-order chi connectivity index (χ1) is 9.84. The highest BCUT2D eigenvalue weighted by Gasteiger charge is 2.87. The summed E-state index contributed by atoms with van der Waals surface area (Å²) in [7, 11) is 0. The zero-order chi connectivity index (χ0) is 19.1. The number of halogens is 11. The van der Waals surface area contributed by atoms with E-state index in [1.54, 1.807) is 0 Å². The van der Waals surface area contributed by atoms with Crippen LogP contribution in [0, 0.1) is 0 Å². The van der Waals surface area contributed by atoms with Crippen molar-refractivity contribution in [2.45, 2.75) is 36.2 Å². The molecule has 1 N–H and O–H groups in total. The van der Waals surface area contributed by atoms with Crippen molar-refractivity contribution in [1.29, 1.82) is 0 Å². The van der Waals surface area contributed by atoms with E-state index in [1.165, 1.54) is 0 Å². The molecule has 0 saturated heterocycles. The molecule has 1 unspecified atom stereocenters. The third kappa shape index (κ3) is 3.67. The van der Waals surface area contributed by atoms with Gasteiger partial charge in [-0.25, -0.2) is 4.79 Å². The largest absolute Gasteiger partial charge is 0.443 e. The Morgan fingerprint density at radius 1 is 0.913 bits per heavy atom. The standard InChI is InChI=1S/C9H5F11O3/c1-2-3(21)23-4(6(12,13)14)5(10,11)7(22,8(15,16)17)9(18,19)20/h2,4,22H,1H2. The number of aliphatic hydroxyl groups is 1. The molecule has 14 heteroatoms. The van der Waals surface area contributed by atoms with Crippen molar-refractivity contribution < 1.29 is 62.9 Å². The van der Waals surface area contributed by atoms with E-state index >= 15 is 0 Å². The Labute approximate surface area is 119 Å². The van der Waals surface area contributed by atoms with Crippen LogP contribution in [0.15, 0.2) is 12.7 Å². The van der Waals surface area contributed by atoms with Gasteiger partial charge in [0.15, 0.2) is 0 Å². The van der Waals surface area contributed by atoms with Crippen molar-refractivity contribution >= 4 is 5.97 Å². The molecule has 0 aliphatic heterocycles. The lowest BCUT2D eigenvalue weighted by atomic mass is 9.89. The first-order valence-corrected chi connectivity index (χ1v) is 4.97. The molecule has 23 heavy (non-hydrogen) atoms. The Bertz CT molecular complexity index is 445. The van der Waals surface area contributed by atoms with Gasteiger partial charge < -0.3 is 9.84 Å². The van der Waals surface area contributed by atoms with Crippen LogP contribution in [-0.4, -0.2) is 47.2 Å². The quantitative estimate of drug-likeness (QED) is 0.470. The van der Waals surface area contributed by atoms with Crippen molar-refractivity contribution in [1.82, 2.24) is 0 Å². The molecule has 0 aliphatic rings. The Hall–Kier alpha value is -1.60. The van der Waals surface area contributed by atoms with Crippen LogP contribution in [0.4, 0.5) is 48.3 Å². The molecule has 0 aliphatic carbocycles. The summed E-state index contributed by atoms with van der Waals surface area (Å²) in [6.07, 6.45) is -26.6. The Morgan fingerprint density at radius 3 is 1.48 bits per heavy atom. The maximum atomic E-state index is 13.4. The van der Waals surface area contributed by atoms with Gasteiger partial charge in [0.25, 0.3) is 6.10 Å². The van der Waals surface area contributed by atoms with Gasteiger partial charge in [0.2, 0.25) is 0 Å². The minimum Gasteiger partial charge on any atom is -0.443 e. The zero-order valence-electron chi connectivity index (χ0n) is 10.3. The molecule has 0 amide bonds. The van der Waals surface area contributed by atoms with Crippen LogP contribution < -0.4 is 0 Å². The van der Waals surface area contributed by atoms with Crippen molar-refractivity contribution in [3.05, 3.63) is 12.7 Å². The van der Waals surface area contributed by atoms with Gasteiger partial charge in [0, 0.05) is 6.08 Å². The molecule has 0 radical (unpaired) electrons. The fourth-order valence-electron chi connectivity index (χ4n) is 1.24. The lowest BCUT2D eigenvalue weighted by molar-refractivity contribution is -0.445. The van der Waals surface area contributed by atoms with Crippen molar-refractivity contribution in [2.24, 2.45) is 0 Å². The van der Waals surface area contributed by atoms with Crippen LogP contribution >= 0.6 is 0 Å². The summed E-state index contributed by atoms with van der Waals surface area (Å²) in [5.41, 5.74) is -7.13. The normalized spacial score (nSPS) is 16.0. The number of esters is 1. The number of alkyl halides is 11. The van der Waals surface area contributed by atoms with Crippen molar-refractivity contribution in [2.75, 3.05) is 0 Å². The highest BCUT2D eigenvalue weighted by atomic mass is 19.4. The molecule has 0 bridgehead atoms. The van der Waals surface area contributed by atoms with Crippen LogP contribution in [0.2, 0.25) is 0 Å². The van der Waals surface area contributed by atoms with Gasteiger partial charge in [0.1, 0.15) is 0 Å². The topological polar surface area (TPSA) is 46.5 Å². The summed E-state index contributed by atoms with van der Waals surface area (Å²) in [5, 5.41) is 8.41. The van der Waals surface area contributed by atoms with E-state index in [-0.39, 0.29) is 6.08 Å². The maximum Gasteiger partial charge on any atom is 0.432 e. The van der Waals surface area contributed by atoms with Crippen molar-refractivity contribution in [3.63, 3.8) is 0 Å². The molecule has 3 nitrogen and oxygen atoms in total. The fourth-order valence-corrected chi connectivity index (χ4v) is 1.24. The monoisotopic (exact) mass is 370 g/mol. The van der Waals surface area contributed by atoms with E-state index in [1.807, 2.05) is 0 Å². The average molecular weight is 370 g/mol. The molecule has 0 aromatic rings. The second-order valence-electron chi connectivity index (χ2n) is 3.89. The Kier molecular flexibility index (Phi) is 5.39. The van der Waals surface area contributed by atoms with Crippen LogP contribution in [0.25, 0.3) is 0 Å². The number of hydrogen-bond donors (Lipinski definition) is 1. The van der Waals surface area contributed by atoms with Crippen LogP contribution in [0.5, 0.6) is 0 Å². The summed E-state index contributed by atoms with van der Waals surface area (Å²) in [6.45, 7) is 2.44. The zero-order valence-corrected chi connectivity index (χ0v) is 10.3. The lowest BCUT2D eigenvalue weighted by Gasteiger charge is -2.41. The first kappa shape index (κ1) is 21.4. The molecule has 136 valence electrons. The second-order valence-corrected chi connectivity index (χ2v) is 3.89. The third-order valence-electron chi connectivity index (χ3n) is 2.33. The second kappa shape index (κ2) is 5.79. The number of carbonyl (C=O) groups excluding carboxylic acids is 1. The molecular weight excluding hydrogens is 365 g/mol. The number of rotatable bonds is 4. The van der Waals surface area contributed by atoms with Crippen LogP contribution in [0.3, 0.4) is 0 Å². The van der Waals surface area contributed by atoms with Crippen molar-refractivity contribution in [3.8, 4) is 0 Å². The van der Waals surface area contributed by atoms with Crippen LogP contribution in [0.1, 0.15) is 0 Å². The highest BCUT2D eigenvalue weighted by Crippen LogP contribution is 2.55. The summed E-state index contributed by atoms with van der Waals surface area (Å²) in [5.74, 6) is -9.45. The lowest BCUT2D eigenvalue weighted by Crippen LogP contribution is -2.73. The van der Waals surface area contributed by atoms with Gasteiger partial charge in [-0.05, 0) is 0 Å². The number of carbonyl (C=O) groups is 1. The van der Waals surface area contributed by atoms with E-state index in [0.29, 0.717) is 0 Å². The molecule has 0 aromatic carbocycles. The molecule has 0 fully saturated rings. The third-order valence-corrected chi connectivity index (χ3v) is 2.33. The van der Waals surface area contributed by atoms with E-state index in [4.69, 9.17) is 5.11 Å². The first-order valence-electron chi connectivity index (χ1n) is 4.97. The number of hydrogen-bond acceptors (Lipinski definition) is 3. The highest BCUT2D eigenvalue weighted by molar-refractivity contribution is 5.81. The van der Waals surface area contributed by atoms with E-state index < -0.39 is 42.1 Å². The van der Waals surface area contributed by atoms with Gasteiger partial charge in [-0.3, -0.25) is 0 Å². The summed E-state index contributed by atoms with van der Waals surface area (Å²) < 4.78 is 141. The maximum absolute atomic E-state index is 13.4. The predicted octanol–water partition coefficient (Wildman–Crippen LogP) is 3.14. The Morgan fingerprint density at radius 2 is 1.26 bits per heavy atom. The summed E-state index contributed by atoms with van der Waals surface area (Å²) >= 11 is 0. The van der Waals surface area contributed by atoms with Crippen LogP contribution in [-0.2, 0) is 9.53 Å². The van der Waals surface area contributed by atoms with E-state index in [2.05, 4.69) is 11.3 Å². The Balaban J connectivity index is 6.40. The molecule has 0 heterocycles. The molecule has 0 rings (SSSR count). The van der Waals surface area contributed by atoms with Gasteiger partial charge in [-0.15, -0.1) is 0 Å². The van der Waals surface area contributed by atoms with E-state index in [9.17, 15) is 53.1 Å².